The number of rotatable bonds is 11. The molecule has 1 saturated heterocycles. The van der Waals surface area contributed by atoms with E-state index < -0.39 is 6.10 Å². The second-order valence-electron chi connectivity index (χ2n) is 10.6. The van der Waals surface area contributed by atoms with Crippen molar-refractivity contribution in [2.45, 2.75) is 57.4 Å². The highest BCUT2D eigenvalue weighted by Crippen LogP contribution is 2.38. The molecule has 1 amide bonds. The van der Waals surface area contributed by atoms with Gasteiger partial charge in [0.05, 0.1) is 38.7 Å². The molecule has 0 spiro atoms. The van der Waals surface area contributed by atoms with Crippen molar-refractivity contribution in [1.82, 2.24) is 9.88 Å². The highest BCUT2D eigenvalue weighted by atomic mass is 35.5. The molecule has 2 aromatic carbocycles. The highest BCUT2D eigenvalue weighted by molar-refractivity contribution is 7.15. The molecule has 3 atom stereocenters. The molecule has 220 valence electrons. The molecule has 2 fully saturated rings. The van der Waals surface area contributed by atoms with Gasteiger partial charge in [0.1, 0.15) is 6.10 Å². The second kappa shape index (κ2) is 13.2. The Balaban J connectivity index is 1.21. The topological polar surface area (TPSA) is 91.9 Å². The van der Waals surface area contributed by atoms with E-state index in [1.807, 2.05) is 23.2 Å². The van der Waals surface area contributed by atoms with Crippen LogP contribution in [0.1, 0.15) is 48.3 Å². The fourth-order valence-electron chi connectivity index (χ4n) is 5.01. The van der Waals surface area contributed by atoms with Gasteiger partial charge in [-0.05, 0) is 55.5 Å². The molecule has 12 heteroatoms. The van der Waals surface area contributed by atoms with E-state index in [9.17, 15) is 9.90 Å². The third-order valence-electron chi connectivity index (χ3n) is 7.47. The minimum absolute atomic E-state index is 0.0333. The summed E-state index contributed by atoms with van der Waals surface area (Å²) in [4.78, 5) is 23.4. The third-order valence-corrected chi connectivity index (χ3v) is 9.97. The van der Waals surface area contributed by atoms with Crippen LogP contribution in [0.4, 0.5) is 5.13 Å². The Morgan fingerprint density at radius 3 is 2.59 bits per heavy atom. The molecule has 5 rings (SSSR count). The molecule has 7 nitrogen and oxygen atoms in total. The Bertz CT molecular complexity index is 1380. The van der Waals surface area contributed by atoms with Gasteiger partial charge in [-0.2, -0.15) is 0 Å². The number of nitrogens with two attached hydrogens (primary N) is 1. The van der Waals surface area contributed by atoms with Crippen molar-refractivity contribution in [3.8, 4) is 5.75 Å². The zero-order chi connectivity index (χ0) is 29.3. The van der Waals surface area contributed by atoms with E-state index in [2.05, 4.69) is 9.88 Å². The summed E-state index contributed by atoms with van der Waals surface area (Å²) < 4.78 is 6.17. The number of aliphatic hydroxyl groups excluding tert-OH is 1. The van der Waals surface area contributed by atoms with E-state index in [0.29, 0.717) is 50.9 Å². The van der Waals surface area contributed by atoms with Gasteiger partial charge in [-0.25, -0.2) is 4.98 Å². The summed E-state index contributed by atoms with van der Waals surface area (Å²) in [7, 11) is 0. The zero-order valence-corrected chi connectivity index (χ0v) is 26.4. The predicted molar refractivity (Wildman–Crippen MR) is 167 cm³/mol. The van der Waals surface area contributed by atoms with Gasteiger partial charge in [0.2, 0.25) is 5.91 Å². The van der Waals surface area contributed by atoms with E-state index in [0.717, 1.165) is 41.4 Å². The van der Waals surface area contributed by atoms with Crippen LogP contribution in [0.25, 0.3) is 0 Å². The molecule has 0 unspecified atom stereocenters. The van der Waals surface area contributed by atoms with Crippen LogP contribution in [0.3, 0.4) is 0 Å². The number of nitrogens with zero attached hydrogens (tertiary/aromatic N) is 3. The Labute approximate surface area is 264 Å². The third kappa shape index (κ3) is 7.24. The van der Waals surface area contributed by atoms with Gasteiger partial charge in [-0.15, -0.1) is 11.3 Å². The maximum Gasteiger partial charge on any atom is 0.227 e. The van der Waals surface area contributed by atoms with Gasteiger partial charge in [0.15, 0.2) is 10.9 Å². The standard InChI is InChI=1S/C29H32Cl4N4O3S/c1-16(38)18-10-24(31)27(25(32)11-18)40-21-7-8-36(15-21)29-35-13-22(41-29)9-19(12-34)28(39)37(20-5-6-20)14-17-3-2-4-23(30)26(17)33/h2-4,10-11,13,16,19-21,38H,5-9,12,14-15,34H2,1H3/t16-,19-,21+/m0/s1. The number of hydrogen-bond acceptors (Lipinski definition) is 7. The number of carbonyl (C=O) groups excluding carboxylic acids is 1. The van der Waals surface area contributed by atoms with Crippen molar-refractivity contribution < 1.29 is 14.6 Å². The van der Waals surface area contributed by atoms with Crippen molar-refractivity contribution in [2.24, 2.45) is 11.7 Å². The number of carbonyl (C=O) groups is 1. The van der Waals surface area contributed by atoms with Gasteiger partial charge in [-0.3, -0.25) is 4.79 Å². The number of hydrogen-bond donors (Lipinski definition) is 2. The average Bonchev–Trinajstić information content (AvgIpc) is 3.48. The lowest BCUT2D eigenvalue weighted by Crippen LogP contribution is -2.41. The SMILES string of the molecule is C[C@H](O)c1cc(Cl)c(O[C@@H]2CCN(c3ncc(C[C@@H](CN)C(=O)N(Cc4cccc(Cl)c4Cl)C4CC4)s3)C2)c(Cl)c1. The molecule has 3 N–H and O–H groups in total. The molecule has 1 aromatic heterocycles. The first-order valence-electron chi connectivity index (χ1n) is 13.6. The molecule has 0 bridgehead atoms. The van der Waals surface area contributed by atoms with Gasteiger partial charge in [0.25, 0.3) is 0 Å². The van der Waals surface area contributed by atoms with Crippen LogP contribution in [0.15, 0.2) is 36.5 Å². The summed E-state index contributed by atoms with van der Waals surface area (Å²) in [5.41, 5.74) is 7.60. The van der Waals surface area contributed by atoms with Crippen LogP contribution in [0.2, 0.25) is 20.1 Å². The van der Waals surface area contributed by atoms with E-state index in [4.69, 9.17) is 56.9 Å². The maximum atomic E-state index is 13.6. The molecule has 1 aliphatic carbocycles. The quantitative estimate of drug-likeness (QED) is 0.236. The Morgan fingerprint density at radius 2 is 1.93 bits per heavy atom. The minimum atomic E-state index is -0.674. The summed E-state index contributed by atoms with van der Waals surface area (Å²) in [6, 6.07) is 9.06. The van der Waals surface area contributed by atoms with Gasteiger partial charge in [0, 0.05) is 43.2 Å². The number of ether oxygens (including phenoxy) is 1. The average molecular weight is 658 g/mol. The molecule has 1 aliphatic heterocycles. The molecular formula is C29H32Cl4N4O3S. The van der Waals surface area contributed by atoms with Crippen LogP contribution in [-0.4, -0.2) is 52.7 Å². The molecule has 41 heavy (non-hydrogen) atoms. The zero-order valence-electron chi connectivity index (χ0n) is 22.5. The number of aliphatic hydroxyl groups is 1. The summed E-state index contributed by atoms with van der Waals surface area (Å²) in [5, 5.41) is 12.4. The summed E-state index contributed by atoms with van der Waals surface area (Å²) in [6.45, 7) is 3.72. The number of halogens is 4. The van der Waals surface area contributed by atoms with Crippen LogP contribution in [-0.2, 0) is 17.8 Å². The minimum Gasteiger partial charge on any atom is -0.485 e. The number of aromatic nitrogens is 1. The predicted octanol–water partition coefficient (Wildman–Crippen LogP) is 6.78. The van der Waals surface area contributed by atoms with Crippen molar-refractivity contribution in [3.05, 3.63) is 72.6 Å². The van der Waals surface area contributed by atoms with E-state index in [1.54, 1.807) is 36.5 Å². The monoisotopic (exact) mass is 656 g/mol. The molecule has 0 radical (unpaired) electrons. The lowest BCUT2D eigenvalue weighted by Gasteiger charge is -2.27. The van der Waals surface area contributed by atoms with E-state index in [-0.39, 0.29) is 30.5 Å². The first-order chi connectivity index (χ1) is 19.6. The van der Waals surface area contributed by atoms with Crippen LogP contribution < -0.4 is 15.4 Å². The fourth-order valence-corrected chi connectivity index (χ4v) is 7.01. The van der Waals surface area contributed by atoms with Gasteiger partial charge in [-0.1, -0.05) is 58.5 Å². The number of anilines is 1. The maximum absolute atomic E-state index is 13.6. The lowest BCUT2D eigenvalue weighted by atomic mass is 10.0. The van der Waals surface area contributed by atoms with Crippen molar-refractivity contribution in [3.63, 3.8) is 0 Å². The van der Waals surface area contributed by atoms with Crippen molar-refractivity contribution in [2.75, 3.05) is 24.5 Å². The van der Waals surface area contributed by atoms with Gasteiger partial charge < -0.3 is 25.4 Å². The Kier molecular flexibility index (Phi) is 9.91. The van der Waals surface area contributed by atoms with Crippen LogP contribution in [0.5, 0.6) is 5.75 Å². The first kappa shape index (κ1) is 30.7. The van der Waals surface area contributed by atoms with Crippen molar-refractivity contribution >= 4 is 68.8 Å². The molecular weight excluding hydrogens is 626 g/mol. The second-order valence-corrected chi connectivity index (χ2v) is 13.3. The van der Waals surface area contributed by atoms with E-state index >= 15 is 0 Å². The summed E-state index contributed by atoms with van der Waals surface area (Å²) in [5.74, 6) is 0.101. The highest BCUT2D eigenvalue weighted by Gasteiger charge is 2.36. The number of benzene rings is 2. The normalized spacial score (nSPS) is 18.4. The Hall–Kier alpha value is -1.78. The van der Waals surface area contributed by atoms with Crippen molar-refractivity contribution in [1.29, 1.82) is 0 Å². The molecule has 2 aliphatic rings. The van der Waals surface area contributed by atoms with Gasteiger partial charge >= 0.3 is 0 Å². The Morgan fingerprint density at radius 1 is 1.20 bits per heavy atom. The summed E-state index contributed by atoms with van der Waals surface area (Å²) >= 11 is 27.0. The fraction of sp³-hybridized carbons (Fsp3) is 0.448. The largest absolute Gasteiger partial charge is 0.485 e. The molecule has 3 aromatic rings. The van der Waals surface area contributed by atoms with Crippen LogP contribution in [0, 0.1) is 5.92 Å². The van der Waals surface area contributed by atoms with Crippen LogP contribution >= 0.6 is 57.7 Å². The summed E-state index contributed by atoms with van der Waals surface area (Å²) in [6.07, 6.45) is 4.31. The number of amides is 1. The molecule has 1 saturated carbocycles. The van der Waals surface area contributed by atoms with E-state index in [1.165, 1.54) is 0 Å². The smallest absolute Gasteiger partial charge is 0.227 e. The first-order valence-corrected chi connectivity index (χ1v) is 15.9. The lowest BCUT2D eigenvalue weighted by molar-refractivity contribution is -0.136. The number of thiazole rings is 1. The molecule has 2 heterocycles.